The van der Waals surface area contributed by atoms with E-state index in [9.17, 15) is 17.6 Å². The molecule has 0 nitrogen and oxygen atoms in total. The van der Waals surface area contributed by atoms with Gasteiger partial charge in [0.1, 0.15) is 17.2 Å². The molecule has 0 aromatic heterocycles. The van der Waals surface area contributed by atoms with Crippen LogP contribution in [0.5, 0.6) is 0 Å². The SMILES string of the molecule is Fc1cc([C@H]2CC[C@H](CBr)CC2)cc(F)c1C(F)(F)Cl. The summed E-state index contributed by atoms with van der Waals surface area (Å²) in [4.78, 5) is 0. The summed E-state index contributed by atoms with van der Waals surface area (Å²) in [5.74, 6) is -1.95. The zero-order chi connectivity index (χ0) is 14.9. The van der Waals surface area contributed by atoms with Gasteiger partial charge in [0.15, 0.2) is 0 Å². The van der Waals surface area contributed by atoms with Gasteiger partial charge in [-0.1, -0.05) is 15.9 Å². The number of benzene rings is 1. The van der Waals surface area contributed by atoms with Crippen LogP contribution in [0.3, 0.4) is 0 Å². The Hall–Kier alpha value is -0.290. The molecule has 0 N–H and O–H groups in total. The van der Waals surface area contributed by atoms with Crippen molar-refractivity contribution in [2.75, 3.05) is 5.33 Å². The van der Waals surface area contributed by atoms with Crippen LogP contribution in [0.15, 0.2) is 12.1 Å². The van der Waals surface area contributed by atoms with Gasteiger partial charge < -0.3 is 0 Å². The summed E-state index contributed by atoms with van der Waals surface area (Å²) in [5.41, 5.74) is -0.922. The lowest BCUT2D eigenvalue weighted by molar-refractivity contribution is 0.0858. The fraction of sp³-hybridized carbons (Fsp3) is 0.571. The maximum Gasteiger partial charge on any atom is 0.353 e. The number of hydrogen-bond donors (Lipinski definition) is 0. The predicted molar refractivity (Wildman–Crippen MR) is 74.6 cm³/mol. The van der Waals surface area contributed by atoms with Gasteiger partial charge in [0, 0.05) is 5.33 Å². The third kappa shape index (κ3) is 3.48. The fourth-order valence-electron chi connectivity index (χ4n) is 2.75. The predicted octanol–water partition coefficient (Wildman–Crippen LogP) is 5.92. The van der Waals surface area contributed by atoms with Crippen molar-refractivity contribution in [2.24, 2.45) is 5.92 Å². The van der Waals surface area contributed by atoms with E-state index in [0.717, 1.165) is 43.1 Å². The molecule has 1 fully saturated rings. The van der Waals surface area contributed by atoms with Crippen LogP contribution in [0, 0.1) is 17.6 Å². The molecule has 0 atom stereocenters. The first-order valence-electron chi connectivity index (χ1n) is 6.45. The monoisotopic (exact) mass is 372 g/mol. The van der Waals surface area contributed by atoms with Gasteiger partial charge in [0.25, 0.3) is 0 Å². The van der Waals surface area contributed by atoms with Crippen molar-refractivity contribution < 1.29 is 17.6 Å². The zero-order valence-electron chi connectivity index (χ0n) is 10.6. The van der Waals surface area contributed by atoms with Crippen molar-refractivity contribution in [3.63, 3.8) is 0 Å². The number of hydrogen-bond acceptors (Lipinski definition) is 0. The second kappa shape index (κ2) is 6.22. The summed E-state index contributed by atoms with van der Waals surface area (Å²) in [6.45, 7) is 0. The highest BCUT2D eigenvalue weighted by Crippen LogP contribution is 2.40. The molecular weight excluding hydrogens is 360 g/mol. The number of alkyl halides is 4. The molecule has 0 heterocycles. The maximum absolute atomic E-state index is 13.7. The number of halogens is 6. The Kier molecular flexibility index (Phi) is 5.00. The molecule has 1 aliphatic carbocycles. The number of rotatable bonds is 3. The Labute approximate surface area is 128 Å². The zero-order valence-corrected chi connectivity index (χ0v) is 13.0. The molecule has 1 aromatic carbocycles. The second-order valence-electron chi connectivity index (χ2n) is 5.23. The minimum absolute atomic E-state index is 0.0206. The first-order valence-corrected chi connectivity index (χ1v) is 7.95. The van der Waals surface area contributed by atoms with Crippen LogP contribution in [0.25, 0.3) is 0 Å². The van der Waals surface area contributed by atoms with Crippen molar-refractivity contribution in [2.45, 2.75) is 37.0 Å². The van der Waals surface area contributed by atoms with E-state index in [4.69, 9.17) is 11.6 Å². The van der Waals surface area contributed by atoms with Crippen LogP contribution in [-0.4, -0.2) is 5.33 Å². The summed E-state index contributed by atoms with van der Waals surface area (Å²) < 4.78 is 53.2. The Morgan fingerprint density at radius 2 is 1.60 bits per heavy atom. The lowest BCUT2D eigenvalue weighted by Gasteiger charge is -2.28. The van der Waals surface area contributed by atoms with Gasteiger partial charge in [-0.2, -0.15) is 8.78 Å². The van der Waals surface area contributed by atoms with E-state index in [1.807, 2.05) is 0 Å². The standard InChI is InChI=1S/C14H14BrClF4/c15-7-8-1-3-9(4-2-8)10-5-11(17)13(12(18)6-10)14(16,19)20/h5-6,8-9H,1-4,7H2/t8-,9-. The summed E-state index contributed by atoms with van der Waals surface area (Å²) >= 11 is 8.15. The van der Waals surface area contributed by atoms with Crippen LogP contribution in [-0.2, 0) is 5.38 Å². The first kappa shape index (κ1) is 16.1. The van der Waals surface area contributed by atoms with E-state index in [1.54, 1.807) is 0 Å². The summed E-state index contributed by atoms with van der Waals surface area (Å²) in [6, 6.07) is 1.99. The molecule has 20 heavy (non-hydrogen) atoms. The summed E-state index contributed by atoms with van der Waals surface area (Å²) in [7, 11) is 0. The Balaban J connectivity index is 2.23. The maximum atomic E-state index is 13.7. The molecule has 1 aliphatic rings. The molecular formula is C14H14BrClF4. The van der Waals surface area contributed by atoms with E-state index in [1.165, 1.54) is 0 Å². The largest absolute Gasteiger partial charge is 0.353 e. The highest BCUT2D eigenvalue weighted by atomic mass is 79.9. The molecule has 1 aromatic rings. The first-order chi connectivity index (χ1) is 9.32. The molecule has 6 heteroatoms. The van der Waals surface area contributed by atoms with Crippen LogP contribution in [0.2, 0.25) is 0 Å². The van der Waals surface area contributed by atoms with Crippen molar-refractivity contribution >= 4 is 27.5 Å². The topological polar surface area (TPSA) is 0 Å². The van der Waals surface area contributed by atoms with Crippen molar-refractivity contribution in [3.8, 4) is 0 Å². The summed E-state index contributed by atoms with van der Waals surface area (Å²) in [5, 5.41) is -3.11. The minimum Gasteiger partial charge on any atom is -0.206 e. The molecule has 0 bridgehead atoms. The van der Waals surface area contributed by atoms with Gasteiger partial charge in [0.05, 0.1) is 0 Å². The molecule has 0 aliphatic heterocycles. The Morgan fingerprint density at radius 1 is 1.10 bits per heavy atom. The van der Waals surface area contributed by atoms with Crippen molar-refractivity contribution in [1.29, 1.82) is 0 Å². The van der Waals surface area contributed by atoms with Crippen LogP contribution in [0.4, 0.5) is 17.6 Å². The van der Waals surface area contributed by atoms with Gasteiger partial charge >= 0.3 is 5.38 Å². The van der Waals surface area contributed by atoms with Crippen molar-refractivity contribution in [1.82, 2.24) is 0 Å². The van der Waals surface area contributed by atoms with Crippen molar-refractivity contribution in [3.05, 3.63) is 34.9 Å². The minimum atomic E-state index is -4.03. The lowest BCUT2D eigenvalue weighted by Crippen LogP contribution is -2.16. The molecule has 1 saturated carbocycles. The third-order valence-electron chi connectivity index (χ3n) is 3.88. The van der Waals surface area contributed by atoms with E-state index < -0.39 is 22.6 Å². The normalized spacial score (nSPS) is 23.9. The van der Waals surface area contributed by atoms with Crippen LogP contribution >= 0.6 is 27.5 Å². The highest BCUT2D eigenvalue weighted by molar-refractivity contribution is 9.09. The van der Waals surface area contributed by atoms with E-state index >= 15 is 0 Å². The van der Waals surface area contributed by atoms with Gasteiger partial charge in [-0.25, -0.2) is 8.78 Å². The molecule has 0 amide bonds. The fourth-order valence-corrected chi connectivity index (χ4v) is 3.58. The van der Waals surface area contributed by atoms with E-state index in [2.05, 4.69) is 15.9 Å². The van der Waals surface area contributed by atoms with Gasteiger partial charge in [-0.3, -0.25) is 0 Å². The quantitative estimate of drug-likeness (QED) is 0.455. The average molecular weight is 374 g/mol. The molecule has 112 valence electrons. The smallest absolute Gasteiger partial charge is 0.206 e. The Morgan fingerprint density at radius 3 is 2.00 bits per heavy atom. The second-order valence-corrected chi connectivity index (χ2v) is 6.35. The van der Waals surface area contributed by atoms with E-state index in [-0.39, 0.29) is 5.92 Å². The summed E-state index contributed by atoms with van der Waals surface area (Å²) in [6.07, 6.45) is 3.55. The molecule has 0 unspecified atom stereocenters. The molecule has 0 radical (unpaired) electrons. The molecule has 0 saturated heterocycles. The average Bonchev–Trinajstić information content (AvgIpc) is 2.36. The van der Waals surface area contributed by atoms with E-state index in [0.29, 0.717) is 11.5 Å². The van der Waals surface area contributed by atoms with Gasteiger partial charge in [-0.15, -0.1) is 0 Å². The third-order valence-corrected chi connectivity index (χ3v) is 4.99. The van der Waals surface area contributed by atoms with Crippen LogP contribution < -0.4 is 0 Å². The van der Waals surface area contributed by atoms with Gasteiger partial charge in [0.2, 0.25) is 0 Å². The highest BCUT2D eigenvalue weighted by Gasteiger charge is 2.36. The molecule has 2 rings (SSSR count). The Bertz CT molecular complexity index is 456. The van der Waals surface area contributed by atoms with Gasteiger partial charge in [-0.05, 0) is 66.8 Å². The molecule has 0 spiro atoms. The van der Waals surface area contributed by atoms with Crippen LogP contribution in [0.1, 0.15) is 42.7 Å². The lowest BCUT2D eigenvalue weighted by atomic mass is 9.79.